The molecule has 0 saturated carbocycles. The first-order chi connectivity index (χ1) is 11.4. The average Bonchev–Trinajstić information content (AvgIpc) is 2.33. The summed E-state index contributed by atoms with van der Waals surface area (Å²) in [7, 11) is 0. The highest BCUT2D eigenvalue weighted by atomic mass is 16.2. The maximum Gasteiger partial charge on any atom is 0.315 e. The molecule has 0 spiro atoms. The zero-order valence-corrected chi connectivity index (χ0v) is 16.7. The highest BCUT2D eigenvalue weighted by molar-refractivity contribution is 5.81. The predicted octanol–water partition coefficient (Wildman–Crippen LogP) is 0.435. The van der Waals surface area contributed by atoms with Gasteiger partial charge in [0.05, 0.1) is 13.1 Å². The average molecular weight is 357 g/mol. The second-order valence-electron chi connectivity index (χ2n) is 7.79. The van der Waals surface area contributed by atoms with E-state index >= 15 is 0 Å². The molecule has 0 heterocycles. The van der Waals surface area contributed by atoms with Crippen molar-refractivity contribution in [1.29, 1.82) is 0 Å². The first kappa shape index (κ1) is 23.2. The molecule has 0 atom stereocenters. The summed E-state index contributed by atoms with van der Waals surface area (Å²) in [6.45, 7) is 14.2. The Balaban J connectivity index is 4.54. The lowest BCUT2D eigenvalue weighted by molar-refractivity contribution is -0.125. The van der Waals surface area contributed by atoms with Gasteiger partial charge in [0.15, 0.2) is 0 Å². The molecule has 0 aromatic heterocycles. The zero-order valence-electron chi connectivity index (χ0n) is 16.7. The maximum atomic E-state index is 12.0. The van der Waals surface area contributed by atoms with Crippen LogP contribution >= 0.6 is 0 Å². The molecule has 0 radical (unpaired) electrons. The summed E-state index contributed by atoms with van der Waals surface area (Å²) in [4.78, 5) is 37.4. The van der Waals surface area contributed by atoms with Gasteiger partial charge in [0.1, 0.15) is 0 Å². The maximum absolute atomic E-state index is 12.0. The van der Waals surface area contributed by atoms with Gasteiger partial charge in [-0.05, 0) is 48.5 Å². The van der Waals surface area contributed by atoms with Crippen LogP contribution in [-0.2, 0) is 9.59 Å². The number of carbonyl (C=O) groups excluding carboxylic acids is 3. The topological polar surface area (TPSA) is 103 Å². The Hall–Kier alpha value is -1.83. The molecule has 0 aliphatic carbocycles. The molecule has 0 rings (SSSR count). The number of nitrogens with zero attached hydrogens (tertiary/aromatic N) is 1. The Labute approximate surface area is 151 Å². The molecular formula is C17H35N5O3. The molecule has 146 valence electrons. The van der Waals surface area contributed by atoms with Gasteiger partial charge in [0, 0.05) is 30.7 Å². The molecule has 0 aromatic carbocycles. The Kier molecular flexibility index (Phi) is 10.1. The zero-order chi connectivity index (χ0) is 19.6. The van der Waals surface area contributed by atoms with Gasteiger partial charge in [-0.25, -0.2) is 4.79 Å². The molecule has 0 unspecified atom stereocenters. The van der Waals surface area contributed by atoms with Gasteiger partial charge in [-0.15, -0.1) is 0 Å². The predicted molar refractivity (Wildman–Crippen MR) is 99.3 cm³/mol. The van der Waals surface area contributed by atoms with Crippen LogP contribution in [0.15, 0.2) is 0 Å². The standard InChI is InChI=1S/C17H35N5O3/c1-12(2)19-14(23)10-22(11-15(24)20-13(3)4)9-8-18-16(25)21-17(5,6)7/h12-13H,8-11H2,1-7H3,(H,19,23)(H,20,24)(H2,18,21,25). The van der Waals surface area contributed by atoms with Crippen molar-refractivity contribution in [3.05, 3.63) is 0 Å². The van der Waals surface area contributed by atoms with E-state index in [0.29, 0.717) is 13.1 Å². The molecule has 0 aromatic rings. The van der Waals surface area contributed by atoms with Crippen molar-refractivity contribution >= 4 is 17.8 Å². The number of hydrogen-bond donors (Lipinski definition) is 4. The van der Waals surface area contributed by atoms with Gasteiger partial charge in [-0.1, -0.05) is 0 Å². The Morgan fingerprint density at radius 1 is 0.880 bits per heavy atom. The molecule has 4 amide bonds. The summed E-state index contributed by atoms with van der Waals surface area (Å²) < 4.78 is 0. The van der Waals surface area contributed by atoms with Crippen molar-refractivity contribution in [3.63, 3.8) is 0 Å². The van der Waals surface area contributed by atoms with Crippen LogP contribution in [0.25, 0.3) is 0 Å². The molecule has 25 heavy (non-hydrogen) atoms. The van der Waals surface area contributed by atoms with E-state index < -0.39 is 0 Å². The van der Waals surface area contributed by atoms with Gasteiger partial charge in [0.25, 0.3) is 0 Å². The third kappa shape index (κ3) is 14.2. The van der Waals surface area contributed by atoms with Gasteiger partial charge >= 0.3 is 6.03 Å². The molecule has 0 aliphatic heterocycles. The van der Waals surface area contributed by atoms with Crippen LogP contribution in [0.1, 0.15) is 48.5 Å². The second kappa shape index (κ2) is 10.9. The summed E-state index contributed by atoms with van der Waals surface area (Å²) in [5, 5.41) is 11.2. The number of hydrogen-bond acceptors (Lipinski definition) is 4. The van der Waals surface area contributed by atoms with E-state index in [0.717, 1.165) is 0 Å². The molecule has 8 nitrogen and oxygen atoms in total. The quantitative estimate of drug-likeness (QED) is 0.481. The van der Waals surface area contributed by atoms with Crippen molar-refractivity contribution in [2.24, 2.45) is 0 Å². The van der Waals surface area contributed by atoms with E-state index in [4.69, 9.17) is 0 Å². The first-order valence-electron chi connectivity index (χ1n) is 8.76. The largest absolute Gasteiger partial charge is 0.353 e. The molecule has 4 N–H and O–H groups in total. The van der Waals surface area contributed by atoms with Crippen molar-refractivity contribution < 1.29 is 14.4 Å². The van der Waals surface area contributed by atoms with Crippen LogP contribution in [0.3, 0.4) is 0 Å². The summed E-state index contributed by atoms with van der Waals surface area (Å²) in [6, 6.07) is -0.199. The summed E-state index contributed by atoms with van der Waals surface area (Å²) >= 11 is 0. The molecule has 0 fully saturated rings. The summed E-state index contributed by atoms with van der Waals surface area (Å²) in [6.07, 6.45) is 0. The van der Waals surface area contributed by atoms with Crippen LogP contribution in [0, 0.1) is 0 Å². The Morgan fingerprint density at radius 3 is 1.68 bits per heavy atom. The minimum absolute atomic E-state index is 0.0366. The van der Waals surface area contributed by atoms with Crippen LogP contribution in [0.5, 0.6) is 0 Å². The van der Waals surface area contributed by atoms with E-state index in [9.17, 15) is 14.4 Å². The normalized spacial score (nSPS) is 11.6. The first-order valence-corrected chi connectivity index (χ1v) is 8.76. The van der Waals surface area contributed by atoms with Crippen molar-refractivity contribution in [3.8, 4) is 0 Å². The molecule has 0 saturated heterocycles. The Bertz CT molecular complexity index is 420. The fraction of sp³-hybridized carbons (Fsp3) is 0.824. The lowest BCUT2D eigenvalue weighted by Gasteiger charge is -2.24. The van der Waals surface area contributed by atoms with E-state index in [1.165, 1.54) is 0 Å². The Morgan fingerprint density at radius 2 is 1.32 bits per heavy atom. The number of amides is 4. The van der Waals surface area contributed by atoms with E-state index in [-0.39, 0.29) is 48.6 Å². The fourth-order valence-electron chi connectivity index (χ4n) is 2.07. The molecular weight excluding hydrogens is 322 g/mol. The molecule has 0 bridgehead atoms. The van der Waals surface area contributed by atoms with Crippen molar-refractivity contribution in [2.75, 3.05) is 26.2 Å². The third-order valence-electron chi connectivity index (χ3n) is 2.84. The number of urea groups is 1. The minimum atomic E-state index is -0.321. The van der Waals surface area contributed by atoms with E-state index in [1.807, 2.05) is 48.5 Å². The van der Waals surface area contributed by atoms with E-state index in [2.05, 4.69) is 21.3 Å². The third-order valence-corrected chi connectivity index (χ3v) is 2.84. The fourth-order valence-corrected chi connectivity index (χ4v) is 2.07. The van der Waals surface area contributed by atoms with Crippen LogP contribution < -0.4 is 21.3 Å². The van der Waals surface area contributed by atoms with Gasteiger partial charge in [0.2, 0.25) is 11.8 Å². The van der Waals surface area contributed by atoms with Gasteiger partial charge < -0.3 is 21.3 Å². The number of nitrogens with one attached hydrogen (secondary N) is 4. The van der Waals surface area contributed by atoms with Gasteiger partial charge in [-0.3, -0.25) is 14.5 Å². The monoisotopic (exact) mass is 357 g/mol. The highest BCUT2D eigenvalue weighted by Gasteiger charge is 2.17. The molecule has 8 heteroatoms. The smallest absolute Gasteiger partial charge is 0.315 e. The van der Waals surface area contributed by atoms with Crippen molar-refractivity contribution in [1.82, 2.24) is 26.2 Å². The summed E-state index contributed by atoms with van der Waals surface area (Å²) in [5.41, 5.74) is -0.321. The lowest BCUT2D eigenvalue weighted by Crippen LogP contribution is -2.50. The summed E-state index contributed by atoms with van der Waals surface area (Å²) in [5.74, 6) is -0.294. The van der Waals surface area contributed by atoms with Gasteiger partial charge in [-0.2, -0.15) is 0 Å². The van der Waals surface area contributed by atoms with Crippen LogP contribution in [0.2, 0.25) is 0 Å². The number of rotatable bonds is 9. The van der Waals surface area contributed by atoms with E-state index in [1.54, 1.807) is 4.90 Å². The minimum Gasteiger partial charge on any atom is -0.353 e. The lowest BCUT2D eigenvalue weighted by atomic mass is 10.1. The van der Waals surface area contributed by atoms with Crippen LogP contribution in [-0.4, -0.2) is 66.5 Å². The highest BCUT2D eigenvalue weighted by Crippen LogP contribution is 1.97. The van der Waals surface area contributed by atoms with Crippen LogP contribution in [0.4, 0.5) is 4.79 Å². The molecule has 0 aliphatic rings. The van der Waals surface area contributed by atoms with Crippen molar-refractivity contribution in [2.45, 2.75) is 66.1 Å². The number of carbonyl (C=O) groups is 3. The SMILES string of the molecule is CC(C)NC(=O)CN(CCNC(=O)NC(C)(C)C)CC(=O)NC(C)C. The second-order valence-corrected chi connectivity index (χ2v) is 7.79.